The first kappa shape index (κ1) is 17.0. The van der Waals surface area contributed by atoms with Gasteiger partial charge in [-0.05, 0) is 41.1 Å². The van der Waals surface area contributed by atoms with Crippen molar-refractivity contribution >= 4 is 0 Å². The molecule has 1 aliphatic rings. The van der Waals surface area contributed by atoms with Crippen LogP contribution in [0, 0.1) is 11.7 Å². The van der Waals surface area contributed by atoms with Gasteiger partial charge in [0, 0.05) is 26.2 Å². The zero-order valence-corrected chi connectivity index (χ0v) is 14.6. The molecule has 24 heavy (non-hydrogen) atoms. The number of nitrogens with zero attached hydrogens (tertiary/aromatic N) is 6. The second-order valence-electron chi connectivity index (χ2n) is 6.85. The molecule has 1 atom stereocenters. The van der Waals surface area contributed by atoms with Crippen LogP contribution in [-0.2, 0) is 6.54 Å². The third-order valence-electron chi connectivity index (χ3n) is 4.63. The second-order valence-corrected chi connectivity index (χ2v) is 6.85. The first-order valence-corrected chi connectivity index (χ1v) is 8.47. The minimum atomic E-state index is -0.229. The van der Waals surface area contributed by atoms with Crippen molar-refractivity contribution in [2.75, 3.05) is 33.2 Å². The summed E-state index contributed by atoms with van der Waals surface area (Å²) in [6.45, 7) is 9.12. The molecule has 0 amide bonds. The number of aromatic nitrogens is 4. The Kier molecular flexibility index (Phi) is 5.20. The van der Waals surface area contributed by atoms with E-state index in [-0.39, 0.29) is 11.9 Å². The third-order valence-corrected chi connectivity index (χ3v) is 4.63. The Bertz CT molecular complexity index is 645. The van der Waals surface area contributed by atoms with Crippen LogP contribution in [0.2, 0.25) is 0 Å². The predicted octanol–water partition coefficient (Wildman–Crippen LogP) is 1.81. The fourth-order valence-electron chi connectivity index (χ4n) is 3.28. The lowest BCUT2D eigenvalue weighted by atomic mass is 10.0. The van der Waals surface area contributed by atoms with E-state index in [4.69, 9.17) is 0 Å². The molecule has 0 saturated carbocycles. The zero-order chi connectivity index (χ0) is 17.1. The van der Waals surface area contributed by atoms with Crippen LogP contribution in [0.4, 0.5) is 4.39 Å². The smallest absolute Gasteiger partial charge is 0.169 e. The minimum absolute atomic E-state index is 0.189. The fraction of sp³-hybridized carbons (Fsp3) is 0.588. The maximum Gasteiger partial charge on any atom is 0.169 e. The zero-order valence-electron chi connectivity index (χ0n) is 14.6. The van der Waals surface area contributed by atoms with Gasteiger partial charge >= 0.3 is 0 Å². The average molecular weight is 332 g/mol. The molecular formula is C17H25FN6. The Morgan fingerprint density at radius 2 is 1.75 bits per heavy atom. The summed E-state index contributed by atoms with van der Waals surface area (Å²) in [7, 11) is 2.15. The number of likely N-dealkylation sites (N-methyl/N-ethyl adjacent to an activating group) is 1. The van der Waals surface area contributed by atoms with Crippen LogP contribution < -0.4 is 0 Å². The Hall–Kier alpha value is -1.86. The number of rotatable bonds is 5. The molecule has 2 heterocycles. The summed E-state index contributed by atoms with van der Waals surface area (Å²) in [6, 6.07) is 6.69. The van der Waals surface area contributed by atoms with Crippen LogP contribution >= 0.6 is 0 Å². The Labute approximate surface area is 142 Å². The molecule has 0 radical (unpaired) electrons. The van der Waals surface area contributed by atoms with Gasteiger partial charge in [0.05, 0.1) is 12.6 Å². The summed E-state index contributed by atoms with van der Waals surface area (Å²) in [5.41, 5.74) is 0.992. The molecule has 1 saturated heterocycles. The maximum absolute atomic E-state index is 13.1. The minimum Gasteiger partial charge on any atom is -0.304 e. The highest BCUT2D eigenvalue weighted by Crippen LogP contribution is 2.27. The summed E-state index contributed by atoms with van der Waals surface area (Å²) in [4.78, 5) is 4.81. The van der Waals surface area contributed by atoms with Crippen molar-refractivity contribution in [1.29, 1.82) is 0 Å². The van der Waals surface area contributed by atoms with Crippen LogP contribution in [0.15, 0.2) is 24.3 Å². The highest BCUT2D eigenvalue weighted by Gasteiger charge is 2.30. The number of piperazine rings is 1. The van der Waals surface area contributed by atoms with Gasteiger partial charge in [-0.2, -0.15) is 0 Å². The summed E-state index contributed by atoms with van der Waals surface area (Å²) < 4.78 is 14.9. The quantitative estimate of drug-likeness (QED) is 0.836. The van der Waals surface area contributed by atoms with Gasteiger partial charge in [0.25, 0.3) is 0 Å². The lowest BCUT2D eigenvalue weighted by Crippen LogP contribution is -2.47. The van der Waals surface area contributed by atoms with Crippen molar-refractivity contribution in [3.8, 4) is 0 Å². The van der Waals surface area contributed by atoms with E-state index in [2.05, 4.69) is 46.2 Å². The maximum atomic E-state index is 13.1. The van der Waals surface area contributed by atoms with Crippen LogP contribution in [0.5, 0.6) is 0 Å². The summed E-state index contributed by atoms with van der Waals surface area (Å²) in [5.74, 6) is 1.07. The molecule has 1 aromatic carbocycles. The largest absolute Gasteiger partial charge is 0.304 e. The number of hydrogen-bond acceptors (Lipinski definition) is 5. The molecule has 6 nitrogen and oxygen atoms in total. The Morgan fingerprint density at radius 3 is 2.38 bits per heavy atom. The van der Waals surface area contributed by atoms with E-state index in [1.165, 1.54) is 12.1 Å². The van der Waals surface area contributed by atoms with Gasteiger partial charge in [-0.15, -0.1) is 5.10 Å². The van der Waals surface area contributed by atoms with Crippen LogP contribution in [-0.4, -0.2) is 63.2 Å². The Morgan fingerprint density at radius 1 is 1.08 bits per heavy atom. The molecule has 2 aromatic rings. The van der Waals surface area contributed by atoms with E-state index < -0.39 is 0 Å². The fourth-order valence-corrected chi connectivity index (χ4v) is 3.28. The molecule has 0 aliphatic carbocycles. The number of hydrogen-bond donors (Lipinski definition) is 0. The molecule has 0 spiro atoms. The summed E-state index contributed by atoms with van der Waals surface area (Å²) in [5, 5.41) is 12.4. The van der Waals surface area contributed by atoms with Gasteiger partial charge in [0.1, 0.15) is 5.82 Å². The van der Waals surface area contributed by atoms with Gasteiger partial charge in [-0.1, -0.05) is 26.0 Å². The number of benzene rings is 1. The number of tetrazole rings is 1. The molecule has 1 fully saturated rings. The van der Waals surface area contributed by atoms with Crippen molar-refractivity contribution < 1.29 is 4.39 Å². The van der Waals surface area contributed by atoms with Gasteiger partial charge in [-0.25, -0.2) is 9.07 Å². The molecule has 0 bridgehead atoms. The average Bonchev–Trinajstić information content (AvgIpc) is 2.99. The van der Waals surface area contributed by atoms with E-state index in [1.807, 2.05) is 4.68 Å². The molecular weight excluding hydrogens is 307 g/mol. The predicted molar refractivity (Wildman–Crippen MR) is 90.0 cm³/mol. The van der Waals surface area contributed by atoms with Crippen molar-refractivity contribution in [2.24, 2.45) is 5.92 Å². The van der Waals surface area contributed by atoms with E-state index in [9.17, 15) is 4.39 Å². The number of halogens is 1. The Balaban J connectivity index is 1.81. The molecule has 1 aliphatic heterocycles. The van der Waals surface area contributed by atoms with E-state index in [1.54, 1.807) is 12.1 Å². The van der Waals surface area contributed by atoms with E-state index in [0.717, 1.165) is 37.6 Å². The van der Waals surface area contributed by atoms with Crippen molar-refractivity contribution in [1.82, 2.24) is 30.0 Å². The van der Waals surface area contributed by atoms with Crippen molar-refractivity contribution in [2.45, 2.75) is 26.4 Å². The van der Waals surface area contributed by atoms with Gasteiger partial charge in [-0.3, -0.25) is 4.90 Å². The van der Waals surface area contributed by atoms with Crippen molar-refractivity contribution in [3.05, 3.63) is 41.5 Å². The van der Waals surface area contributed by atoms with Crippen molar-refractivity contribution in [3.63, 3.8) is 0 Å². The van der Waals surface area contributed by atoms with Crippen LogP contribution in [0.25, 0.3) is 0 Å². The standard InChI is InChI=1S/C17H25FN6/c1-13(2)16(23-10-8-22(3)9-11-23)17-19-20-21-24(17)12-14-4-6-15(18)7-5-14/h4-7,13,16H,8-12H2,1-3H3/t16-/m1/s1. The normalized spacial score (nSPS) is 18.2. The molecule has 0 unspecified atom stereocenters. The van der Waals surface area contributed by atoms with E-state index >= 15 is 0 Å². The monoisotopic (exact) mass is 332 g/mol. The first-order chi connectivity index (χ1) is 11.5. The first-order valence-electron chi connectivity index (χ1n) is 8.47. The lowest BCUT2D eigenvalue weighted by molar-refractivity contribution is 0.0812. The van der Waals surface area contributed by atoms with Gasteiger partial charge in [0.15, 0.2) is 5.82 Å². The van der Waals surface area contributed by atoms with Crippen LogP contribution in [0.3, 0.4) is 0 Å². The second kappa shape index (κ2) is 7.36. The van der Waals surface area contributed by atoms with Gasteiger partial charge < -0.3 is 4.90 Å². The lowest BCUT2D eigenvalue weighted by Gasteiger charge is -2.39. The molecule has 0 N–H and O–H groups in total. The summed E-state index contributed by atoms with van der Waals surface area (Å²) in [6.07, 6.45) is 0. The topological polar surface area (TPSA) is 50.1 Å². The molecule has 1 aromatic heterocycles. The summed E-state index contributed by atoms with van der Waals surface area (Å²) >= 11 is 0. The van der Waals surface area contributed by atoms with Gasteiger partial charge in [0.2, 0.25) is 0 Å². The molecule has 7 heteroatoms. The highest BCUT2D eigenvalue weighted by molar-refractivity contribution is 5.16. The SMILES string of the molecule is CC(C)[C@H](c1nnnn1Cc1ccc(F)cc1)N1CCN(C)CC1. The molecule has 3 rings (SSSR count). The van der Waals surface area contributed by atoms with Crippen LogP contribution in [0.1, 0.15) is 31.3 Å². The third kappa shape index (κ3) is 3.79. The van der Waals surface area contributed by atoms with E-state index in [0.29, 0.717) is 12.5 Å². The highest BCUT2D eigenvalue weighted by atomic mass is 19.1. The molecule has 130 valence electrons.